The molecule has 0 amide bonds. The average Bonchev–Trinajstić information content (AvgIpc) is 2.96. The molecule has 4 heteroatoms. The molecular weight excluding hydrogens is 200 g/mol. The van der Waals surface area contributed by atoms with Crippen LogP contribution in [0.5, 0.6) is 0 Å². The predicted molar refractivity (Wildman–Crippen MR) is 65.0 cm³/mol. The Labute approximate surface area is 96.5 Å². The Hall–Kier alpha value is -1.13. The van der Waals surface area contributed by atoms with Gasteiger partial charge in [0.1, 0.15) is 0 Å². The number of nitrogens with two attached hydrogens (primary N) is 1. The van der Waals surface area contributed by atoms with E-state index in [0.29, 0.717) is 12.6 Å². The summed E-state index contributed by atoms with van der Waals surface area (Å²) >= 11 is 0. The van der Waals surface area contributed by atoms with Crippen molar-refractivity contribution in [3.63, 3.8) is 0 Å². The van der Waals surface area contributed by atoms with Crippen molar-refractivity contribution >= 4 is 0 Å². The number of nitrogens with one attached hydrogen (secondary N) is 1. The Balaban J connectivity index is 2.03. The fraction of sp³-hybridized carbons (Fsp3) is 0.583. The van der Waals surface area contributed by atoms with Gasteiger partial charge in [-0.3, -0.25) is 0 Å². The minimum Gasteiger partial charge on any atom is -0.333 e. The Kier molecular flexibility index (Phi) is 3.74. The van der Waals surface area contributed by atoms with E-state index >= 15 is 0 Å². The molecule has 0 spiro atoms. The standard InChI is InChI=1S/C12H20N4/c1-2-16-9-14-8-12(16)11(7-13)15-10-5-3-4-6-10/h3-4,8-11,15H,2,5-7,13H2,1H3. The van der Waals surface area contributed by atoms with E-state index in [1.54, 1.807) is 0 Å². The smallest absolute Gasteiger partial charge is 0.0948 e. The first-order valence-corrected chi connectivity index (χ1v) is 5.96. The van der Waals surface area contributed by atoms with E-state index in [4.69, 9.17) is 5.73 Å². The quantitative estimate of drug-likeness (QED) is 0.733. The van der Waals surface area contributed by atoms with Crippen LogP contribution in [-0.2, 0) is 6.54 Å². The van der Waals surface area contributed by atoms with E-state index in [1.807, 2.05) is 12.5 Å². The molecule has 0 aliphatic heterocycles. The van der Waals surface area contributed by atoms with Gasteiger partial charge in [0.2, 0.25) is 0 Å². The number of hydrogen-bond donors (Lipinski definition) is 2. The van der Waals surface area contributed by atoms with E-state index in [1.165, 1.54) is 5.69 Å². The molecule has 1 heterocycles. The molecule has 0 bridgehead atoms. The second-order valence-electron chi connectivity index (χ2n) is 4.20. The van der Waals surface area contributed by atoms with Gasteiger partial charge in [0.25, 0.3) is 0 Å². The van der Waals surface area contributed by atoms with Crippen molar-refractivity contribution in [1.82, 2.24) is 14.9 Å². The molecule has 1 atom stereocenters. The summed E-state index contributed by atoms with van der Waals surface area (Å²) in [4.78, 5) is 4.19. The van der Waals surface area contributed by atoms with Gasteiger partial charge in [-0.05, 0) is 19.8 Å². The second-order valence-corrected chi connectivity index (χ2v) is 4.20. The number of hydrogen-bond acceptors (Lipinski definition) is 3. The highest BCUT2D eigenvalue weighted by Gasteiger charge is 2.18. The van der Waals surface area contributed by atoms with Crippen LogP contribution in [-0.4, -0.2) is 22.1 Å². The minimum absolute atomic E-state index is 0.215. The Bertz CT molecular complexity index is 348. The van der Waals surface area contributed by atoms with E-state index in [9.17, 15) is 0 Å². The summed E-state index contributed by atoms with van der Waals surface area (Å²) in [6, 6.07) is 0.751. The van der Waals surface area contributed by atoms with Gasteiger partial charge in [-0.15, -0.1) is 0 Å². The van der Waals surface area contributed by atoms with Crippen LogP contribution in [0.15, 0.2) is 24.7 Å². The fourth-order valence-corrected chi connectivity index (χ4v) is 2.20. The van der Waals surface area contributed by atoms with Crippen LogP contribution in [0.25, 0.3) is 0 Å². The van der Waals surface area contributed by atoms with Crippen molar-refractivity contribution in [3.05, 3.63) is 30.4 Å². The number of nitrogens with zero attached hydrogens (tertiary/aromatic N) is 2. The molecule has 1 aliphatic carbocycles. The maximum atomic E-state index is 5.84. The summed E-state index contributed by atoms with van der Waals surface area (Å²) in [6.07, 6.45) is 10.4. The molecule has 0 radical (unpaired) electrons. The molecule has 88 valence electrons. The largest absolute Gasteiger partial charge is 0.333 e. The van der Waals surface area contributed by atoms with Crippen molar-refractivity contribution in [2.45, 2.75) is 38.4 Å². The topological polar surface area (TPSA) is 55.9 Å². The molecule has 0 aromatic carbocycles. The van der Waals surface area contributed by atoms with Crippen LogP contribution in [0, 0.1) is 0 Å². The maximum absolute atomic E-state index is 5.84. The summed E-state index contributed by atoms with van der Waals surface area (Å²) < 4.78 is 2.15. The lowest BCUT2D eigenvalue weighted by Crippen LogP contribution is -2.36. The van der Waals surface area contributed by atoms with Crippen LogP contribution in [0.2, 0.25) is 0 Å². The van der Waals surface area contributed by atoms with Crippen molar-refractivity contribution < 1.29 is 0 Å². The van der Waals surface area contributed by atoms with E-state index in [0.717, 1.165) is 19.4 Å². The Morgan fingerprint density at radius 1 is 1.56 bits per heavy atom. The molecule has 0 saturated heterocycles. The molecule has 1 unspecified atom stereocenters. The first kappa shape index (κ1) is 11.4. The third-order valence-electron chi connectivity index (χ3n) is 3.12. The summed E-state index contributed by atoms with van der Waals surface area (Å²) in [5, 5.41) is 3.59. The van der Waals surface area contributed by atoms with E-state index in [2.05, 4.69) is 33.9 Å². The molecule has 1 aromatic heterocycles. The minimum atomic E-state index is 0.215. The molecule has 16 heavy (non-hydrogen) atoms. The molecule has 4 nitrogen and oxygen atoms in total. The maximum Gasteiger partial charge on any atom is 0.0948 e. The molecular formula is C12H20N4. The van der Waals surface area contributed by atoms with Crippen LogP contribution in [0.4, 0.5) is 0 Å². The van der Waals surface area contributed by atoms with Gasteiger partial charge in [-0.25, -0.2) is 4.98 Å². The number of aryl methyl sites for hydroxylation is 1. The third kappa shape index (κ3) is 2.33. The van der Waals surface area contributed by atoms with Crippen molar-refractivity contribution in [2.75, 3.05) is 6.54 Å². The summed E-state index contributed by atoms with van der Waals surface area (Å²) in [5.74, 6) is 0. The zero-order chi connectivity index (χ0) is 11.4. The van der Waals surface area contributed by atoms with Crippen molar-refractivity contribution in [2.24, 2.45) is 5.73 Å². The van der Waals surface area contributed by atoms with Crippen LogP contribution < -0.4 is 11.1 Å². The van der Waals surface area contributed by atoms with Gasteiger partial charge in [0.05, 0.1) is 18.1 Å². The Morgan fingerprint density at radius 3 is 2.94 bits per heavy atom. The summed E-state index contributed by atoms with van der Waals surface area (Å²) in [7, 11) is 0. The first-order chi connectivity index (χ1) is 7.85. The first-order valence-electron chi connectivity index (χ1n) is 5.96. The molecule has 0 saturated carbocycles. The van der Waals surface area contributed by atoms with Crippen LogP contribution in [0.3, 0.4) is 0 Å². The second kappa shape index (κ2) is 5.27. The van der Waals surface area contributed by atoms with Gasteiger partial charge in [-0.2, -0.15) is 0 Å². The Morgan fingerprint density at radius 2 is 2.31 bits per heavy atom. The highest BCUT2D eigenvalue weighted by atomic mass is 15.1. The molecule has 1 aliphatic rings. The predicted octanol–water partition coefficient (Wildman–Crippen LogP) is 1.21. The van der Waals surface area contributed by atoms with Gasteiger partial charge in [-0.1, -0.05) is 12.2 Å². The fourth-order valence-electron chi connectivity index (χ4n) is 2.20. The van der Waals surface area contributed by atoms with Gasteiger partial charge >= 0.3 is 0 Å². The van der Waals surface area contributed by atoms with Gasteiger partial charge < -0.3 is 15.6 Å². The number of rotatable bonds is 5. The molecule has 3 N–H and O–H groups in total. The van der Waals surface area contributed by atoms with Crippen molar-refractivity contribution in [3.8, 4) is 0 Å². The van der Waals surface area contributed by atoms with Crippen molar-refractivity contribution in [1.29, 1.82) is 0 Å². The van der Waals surface area contributed by atoms with Gasteiger partial charge in [0, 0.05) is 25.3 Å². The summed E-state index contributed by atoms with van der Waals surface area (Å²) in [5.41, 5.74) is 7.03. The molecule has 2 rings (SSSR count). The van der Waals surface area contributed by atoms with Gasteiger partial charge in [0.15, 0.2) is 0 Å². The zero-order valence-corrected chi connectivity index (χ0v) is 9.76. The number of aromatic nitrogens is 2. The van der Waals surface area contributed by atoms with Crippen LogP contribution >= 0.6 is 0 Å². The monoisotopic (exact) mass is 220 g/mol. The van der Waals surface area contributed by atoms with E-state index in [-0.39, 0.29) is 6.04 Å². The van der Waals surface area contributed by atoms with Crippen LogP contribution in [0.1, 0.15) is 31.5 Å². The zero-order valence-electron chi connectivity index (χ0n) is 9.76. The third-order valence-corrected chi connectivity index (χ3v) is 3.12. The lowest BCUT2D eigenvalue weighted by molar-refractivity contribution is 0.434. The molecule has 1 aromatic rings. The number of imidazole rings is 1. The summed E-state index contributed by atoms with van der Waals surface area (Å²) in [6.45, 7) is 3.68. The normalized spacial score (nSPS) is 18.1. The average molecular weight is 220 g/mol. The SMILES string of the molecule is CCn1cncc1C(CN)NC1CC=CC1. The molecule has 0 fully saturated rings. The van der Waals surface area contributed by atoms with E-state index < -0.39 is 0 Å². The lowest BCUT2D eigenvalue weighted by atomic mass is 10.1. The highest BCUT2D eigenvalue weighted by molar-refractivity contribution is 5.08. The highest BCUT2D eigenvalue weighted by Crippen LogP contribution is 2.17. The lowest BCUT2D eigenvalue weighted by Gasteiger charge is -2.22.